The smallest absolute Gasteiger partial charge is 0.221 e. The highest BCUT2D eigenvalue weighted by atomic mass is 79.9. The van der Waals surface area contributed by atoms with E-state index in [9.17, 15) is 4.79 Å². The molecule has 0 fully saturated rings. The van der Waals surface area contributed by atoms with Crippen molar-refractivity contribution in [3.05, 3.63) is 47.5 Å². The number of rotatable bonds is 2. The van der Waals surface area contributed by atoms with Crippen LogP contribution in [0.15, 0.2) is 47.5 Å². The number of anilines is 1. The molecule has 3 aromatic heterocycles. The summed E-state index contributed by atoms with van der Waals surface area (Å²) in [4.78, 5) is 20.0. The van der Waals surface area contributed by atoms with Gasteiger partial charge < -0.3 is 5.32 Å². The van der Waals surface area contributed by atoms with E-state index >= 15 is 0 Å². The van der Waals surface area contributed by atoms with Crippen LogP contribution < -0.4 is 5.32 Å². The summed E-state index contributed by atoms with van der Waals surface area (Å²) in [7, 11) is 0. The third kappa shape index (κ3) is 2.91. The largest absolute Gasteiger partial charge is 0.325 e. The normalized spacial score (nSPS) is 11.2. The molecule has 0 spiro atoms. The molecule has 0 aliphatic rings. The Balaban J connectivity index is 1.91. The van der Waals surface area contributed by atoms with Gasteiger partial charge in [0.1, 0.15) is 10.1 Å². The summed E-state index contributed by atoms with van der Waals surface area (Å²) < 4.78 is 2.36. The first-order valence-electron chi connectivity index (χ1n) is 7.39. The van der Waals surface area contributed by atoms with Gasteiger partial charge >= 0.3 is 0 Å². The van der Waals surface area contributed by atoms with Crippen LogP contribution in [0.4, 0.5) is 5.69 Å². The summed E-state index contributed by atoms with van der Waals surface area (Å²) in [6.45, 7) is 1.47. The summed E-state index contributed by atoms with van der Waals surface area (Å²) in [5.41, 5.74) is 4.31. The van der Waals surface area contributed by atoms with E-state index in [1.165, 1.54) is 6.92 Å². The van der Waals surface area contributed by atoms with Crippen molar-refractivity contribution in [1.82, 2.24) is 18.8 Å². The van der Waals surface area contributed by atoms with Crippen LogP contribution >= 0.6 is 32.1 Å². The Kier molecular flexibility index (Phi) is 4.01. The van der Waals surface area contributed by atoms with E-state index in [1.807, 2.05) is 18.2 Å². The van der Waals surface area contributed by atoms with Crippen LogP contribution in [0.3, 0.4) is 0 Å². The third-order valence-electron chi connectivity index (χ3n) is 3.82. The molecule has 8 heteroatoms. The van der Waals surface area contributed by atoms with Crippen molar-refractivity contribution >= 4 is 65.5 Å². The van der Waals surface area contributed by atoms with Gasteiger partial charge in [0, 0.05) is 29.5 Å². The molecule has 124 valence electrons. The van der Waals surface area contributed by atoms with Gasteiger partial charge in [0.05, 0.1) is 39.7 Å². The van der Waals surface area contributed by atoms with Gasteiger partial charge in [-0.3, -0.25) is 14.8 Å². The lowest BCUT2D eigenvalue weighted by Crippen LogP contribution is -2.05. The highest BCUT2D eigenvalue weighted by molar-refractivity contribution is 9.10. The van der Waals surface area contributed by atoms with Crippen molar-refractivity contribution in [2.45, 2.75) is 6.92 Å². The van der Waals surface area contributed by atoms with E-state index < -0.39 is 0 Å². The van der Waals surface area contributed by atoms with Crippen LogP contribution in [0.5, 0.6) is 0 Å². The van der Waals surface area contributed by atoms with E-state index in [1.54, 1.807) is 22.3 Å². The number of hydrogen-bond donors (Lipinski definition) is 1. The van der Waals surface area contributed by atoms with Crippen molar-refractivity contribution in [2.24, 2.45) is 0 Å². The monoisotopic (exact) mass is 459 g/mol. The van der Waals surface area contributed by atoms with Crippen molar-refractivity contribution in [3.63, 3.8) is 0 Å². The van der Waals surface area contributed by atoms with E-state index in [0.717, 1.165) is 37.5 Å². The van der Waals surface area contributed by atoms with Crippen LogP contribution in [0, 0.1) is 0 Å². The molecule has 25 heavy (non-hydrogen) atoms. The molecular formula is C17H11Br2N5O. The zero-order valence-electron chi connectivity index (χ0n) is 13.0. The fourth-order valence-corrected chi connectivity index (χ4v) is 3.98. The molecule has 0 atom stereocenters. The molecule has 1 aromatic carbocycles. The van der Waals surface area contributed by atoms with Crippen LogP contribution in [0.2, 0.25) is 0 Å². The minimum Gasteiger partial charge on any atom is -0.325 e. The van der Waals surface area contributed by atoms with Crippen molar-refractivity contribution in [3.8, 4) is 11.1 Å². The summed E-state index contributed by atoms with van der Waals surface area (Å²) in [5, 5.41) is 9.06. The molecule has 3 heterocycles. The number of halogens is 2. The van der Waals surface area contributed by atoms with Crippen LogP contribution in [0.25, 0.3) is 32.9 Å². The van der Waals surface area contributed by atoms with Crippen molar-refractivity contribution in [1.29, 1.82) is 0 Å². The van der Waals surface area contributed by atoms with Gasteiger partial charge in [-0.15, -0.1) is 0 Å². The number of hydrogen-bond acceptors (Lipinski definition) is 4. The van der Waals surface area contributed by atoms with Crippen molar-refractivity contribution in [2.75, 3.05) is 5.32 Å². The number of carbonyl (C=O) groups excluding carboxylic acids is 1. The van der Waals surface area contributed by atoms with E-state index in [4.69, 9.17) is 0 Å². The molecule has 0 aliphatic heterocycles. The fourth-order valence-electron chi connectivity index (χ4n) is 2.77. The number of nitrogens with zero attached hydrogens (tertiary/aromatic N) is 4. The van der Waals surface area contributed by atoms with Crippen LogP contribution in [0.1, 0.15) is 6.92 Å². The van der Waals surface area contributed by atoms with Crippen molar-refractivity contribution < 1.29 is 4.79 Å². The quantitative estimate of drug-likeness (QED) is 0.477. The maximum atomic E-state index is 11.3. The van der Waals surface area contributed by atoms with Crippen LogP contribution in [-0.2, 0) is 4.79 Å². The number of carbonyl (C=O) groups is 1. The maximum Gasteiger partial charge on any atom is 0.221 e. The van der Waals surface area contributed by atoms with E-state index in [0.29, 0.717) is 5.69 Å². The molecule has 0 radical (unpaired) electrons. The molecule has 0 saturated carbocycles. The molecule has 6 nitrogen and oxygen atoms in total. The number of nitrogens with one attached hydrogen (secondary N) is 1. The first-order chi connectivity index (χ1) is 12.0. The summed E-state index contributed by atoms with van der Waals surface area (Å²) in [6.07, 6.45) is 5.17. The predicted octanol–water partition coefficient (Wildman–Crippen LogP) is 4.53. The number of pyridine rings is 2. The first kappa shape index (κ1) is 16.2. The molecule has 0 bridgehead atoms. The average Bonchev–Trinajstić information content (AvgIpc) is 2.88. The standard InChI is InChI=1S/C17H11Br2N5O/c1-9(25)22-12-4-11(6-20-7-12)10-2-3-14-13(5-10)16-15(8-21-14)24(19)23-17(16)18/h2-8H,1H3,(H,22,25). The molecule has 4 rings (SSSR count). The molecule has 4 aromatic rings. The van der Waals surface area contributed by atoms with Gasteiger partial charge in [-0.25, -0.2) is 0 Å². The molecule has 0 aliphatic carbocycles. The summed E-state index contributed by atoms with van der Waals surface area (Å²) >= 11 is 6.89. The lowest BCUT2D eigenvalue weighted by Gasteiger charge is -2.07. The van der Waals surface area contributed by atoms with E-state index in [2.05, 4.69) is 58.5 Å². The molecule has 1 amide bonds. The lowest BCUT2D eigenvalue weighted by molar-refractivity contribution is -0.114. The first-order valence-corrected chi connectivity index (χ1v) is 8.89. The second-order valence-corrected chi connectivity index (χ2v) is 6.97. The highest BCUT2D eigenvalue weighted by Gasteiger charge is 2.13. The molecule has 0 unspecified atom stereocenters. The molecule has 1 N–H and O–H groups in total. The zero-order chi connectivity index (χ0) is 17.6. The lowest BCUT2D eigenvalue weighted by atomic mass is 10.0. The fraction of sp³-hybridized carbons (Fsp3) is 0.0588. The Morgan fingerprint density at radius 2 is 2.00 bits per heavy atom. The van der Waals surface area contributed by atoms with E-state index in [-0.39, 0.29) is 5.91 Å². The Morgan fingerprint density at radius 1 is 1.16 bits per heavy atom. The van der Waals surface area contributed by atoms with Gasteiger partial charge in [0.2, 0.25) is 5.91 Å². The van der Waals surface area contributed by atoms with Gasteiger partial charge in [-0.2, -0.15) is 8.81 Å². The van der Waals surface area contributed by atoms with Gasteiger partial charge in [-0.05, 0) is 39.7 Å². The molecule has 0 saturated heterocycles. The minimum absolute atomic E-state index is 0.128. The SMILES string of the molecule is CC(=O)Nc1cncc(-c2ccc3ncc4c(c(Br)nn4Br)c3c2)c1. The Bertz CT molecular complexity index is 1140. The summed E-state index contributed by atoms with van der Waals surface area (Å²) in [6, 6.07) is 7.90. The minimum atomic E-state index is -0.128. The third-order valence-corrected chi connectivity index (χ3v) is 4.92. The Labute approximate surface area is 159 Å². The zero-order valence-corrected chi connectivity index (χ0v) is 16.2. The number of aromatic nitrogens is 4. The number of amides is 1. The van der Waals surface area contributed by atoms with Gasteiger partial charge in [0.15, 0.2) is 0 Å². The predicted molar refractivity (Wildman–Crippen MR) is 105 cm³/mol. The average molecular weight is 461 g/mol. The number of fused-ring (bicyclic) bond motifs is 3. The van der Waals surface area contributed by atoms with Gasteiger partial charge in [-0.1, -0.05) is 6.07 Å². The van der Waals surface area contributed by atoms with Gasteiger partial charge in [0.25, 0.3) is 0 Å². The van der Waals surface area contributed by atoms with Crippen LogP contribution in [-0.4, -0.2) is 24.7 Å². The Hall–Kier alpha value is -2.32. The maximum absolute atomic E-state index is 11.3. The topological polar surface area (TPSA) is 72.7 Å². The second-order valence-electron chi connectivity index (χ2n) is 5.54. The highest BCUT2D eigenvalue weighted by Crippen LogP contribution is 2.33. The Morgan fingerprint density at radius 3 is 2.80 bits per heavy atom. The second kappa shape index (κ2) is 6.20. The summed E-state index contributed by atoms with van der Waals surface area (Å²) in [5.74, 6) is -0.128. The number of benzene rings is 1. The molecular weight excluding hydrogens is 450 g/mol.